The molecule has 0 saturated carbocycles. The minimum Gasteiger partial charge on any atom is -0.478 e. The molecule has 0 aliphatic rings. The lowest BCUT2D eigenvalue weighted by atomic mass is 10.0. The van der Waals surface area contributed by atoms with Gasteiger partial charge in [0.2, 0.25) is 0 Å². The molecule has 0 bridgehead atoms. The Labute approximate surface area is 154 Å². The zero-order chi connectivity index (χ0) is 19.0. The Morgan fingerprint density at radius 1 is 0.556 bits per heavy atom. The van der Waals surface area contributed by atoms with Gasteiger partial charge >= 0.3 is 11.9 Å². The highest BCUT2D eigenvalue weighted by molar-refractivity contribution is 6.07. The third-order valence-corrected chi connectivity index (χ3v) is 4.45. The number of rotatable bonds is 4. The molecule has 0 fully saturated rings. The minimum atomic E-state index is -1.01. The number of carbonyl (C=O) groups is 2. The molecule has 0 radical (unpaired) electrons. The van der Waals surface area contributed by atoms with Crippen molar-refractivity contribution in [1.29, 1.82) is 0 Å². The fourth-order valence-electron chi connectivity index (χ4n) is 3.21. The first kappa shape index (κ1) is 16.6. The van der Waals surface area contributed by atoms with Gasteiger partial charge in [0.1, 0.15) is 11.5 Å². The molecule has 0 aliphatic carbocycles. The topological polar surface area (TPSA) is 83.8 Å². The smallest absolute Gasteiger partial charge is 0.336 e. The lowest BCUT2D eigenvalue weighted by Crippen LogP contribution is -2.00. The summed E-state index contributed by atoms with van der Waals surface area (Å²) in [5.41, 5.74) is 0.396. The van der Waals surface area contributed by atoms with Gasteiger partial charge in [0.25, 0.3) is 0 Å². The van der Waals surface area contributed by atoms with Crippen LogP contribution < -0.4 is 4.74 Å². The van der Waals surface area contributed by atoms with E-state index in [-0.39, 0.29) is 11.1 Å². The van der Waals surface area contributed by atoms with Gasteiger partial charge in [0, 0.05) is 10.8 Å². The Balaban J connectivity index is 1.89. The molecule has 4 aromatic carbocycles. The molecule has 4 aromatic rings. The molecule has 5 heteroatoms. The number of fused-ring (bicyclic) bond motifs is 2. The molecule has 0 aromatic heterocycles. The summed E-state index contributed by atoms with van der Waals surface area (Å²) in [5.74, 6) is -1.00. The highest BCUT2D eigenvalue weighted by atomic mass is 16.5. The Hall–Kier alpha value is -3.86. The highest BCUT2D eigenvalue weighted by Crippen LogP contribution is 2.36. The lowest BCUT2D eigenvalue weighted by Gasteiger charge is -2.13. The van der Waals surface area contributed by atoms with E-state index in [1.54, 1.807) is 48.5 Å². The first-order valence-electron chi connectivity index (χ1n) is 8.24. The molecular formula is C22H14O5. The third-order valence-electron chi connectivity index (χ3n) is 4.45. The largest absolute Gasteiger partial charge is 0.478 e. The molecule has 132 valence electrons. The Morgan fingerprint density at radius 2 is 0.926 bits per heavy atom. The van der Waals surface area contributed by atoms with E-state index in [1.165, 1.54) is 12.1 Å². The zero-order valence-electron chi connectivity index (χ0n) is 14.0. The Bertz CT molecular complexity index is 1110. The second kappa shape index (κ2) is 6.46. The van der Waals surface area contributed by atoms with Crippen LogP contribution in [0.4, 0.5) is 0 Å². The van der Waals surface area contributed by atoms with E-state index in [0.717, 1.165) is 0 Å². The van der Waals surface area contributed by atoms with Crippen LogP contribution >= 0.6 is 0 Å². The summed E-state index contributed by atoms with van der Waals surface area (Å²) in [6, 6.07) is 20.5. The van der Waals surface area contributed by atoms with Crippen molar-refractivity contribution < 1.29 is 24.5 Å². The van der Waals surface area contributed by atoms with Crippen molar-refractivity contribution in [3.05, 3.63) is 83.9 Å². The van der Waals surface area contributed by atoms with Gasteiger partial charge < -0.3 is 14.9 Å². The van der Waals surface area contributed by atoms with Gasteiger partial charge in [0.15, 0.2) is 0 Å². The van der Waals surface area contributed by atoms with Crippen LogP contribution in [-0.2, 0) is 0 Å². The first-order valence-corrected chi connectivity index (χ1v) is 8.24. The Morgan fingerprint density at radius 3 is 1.30 bits per heavy atom. The standard InChI is InChI=1S/C22H14O5/c23-21(24)17-9-11-19(15-7-3-1-5-13(15)17)27-20-12-10-18(22(25)26)14-6-2-4-8-16(14)20/h1-12H,(H,23,24)(H,25,26). The van der Waals surface area contributed by atoms with E-state index < -0.39 is 11.9 Å². The molecule has 5 nitrogen and oxygen atoms in total. The van der Waals surface area contributed by atoms with Crippen LogP contribution in [0.1, 0.15) is 20.7 Å². The summed E-state index contributed by atoms with van der Waals surface area (Å²) in [6.45, 7) is 0. The molecule has 0 saturated heterocycles. The molecule has 4 rings (SSSR count). The molecule has 27 heavy (non-hydrogen) atoms. The van der Waals surface area contributed by atoms with Crippen LogP contribution in [0.2, 0.25) is 0 Å². The minimum absolute atomic E-state index is 0.198. The number of benzene rings is 4. The molecule has 0 amide bonds. The van der Waals surface area contributed by atoms with E-state index >= 15 is 0 Å². The van der Waals surface area contributed by atoms with Gasteiger partial charge in [-0.15, -0.1) is 0 Å². The molecular weight excluding hydrogens is 344 g/mol. The summed E-state index contributed by atoms with van der Waals surface area (Å²) in [6.07, 6.45) is 0. The van der Waals surface area contributed by atoms with E-state index in [2.05, 4.69) is 0 Å². The summed E-state index contributed by atoms with van der Waals surface area (Å²) in [7, 11) is 0. The lowest BCUT2D eigenvalue weighted by molar-refractivity contribution is 0.0688. The van der Waals surface area contributed by atoms with Gasteiger partial charge in [-0.05, 0) is 35.0 Å². The number of carboxylic acids is 2. The SMILES string of the molecule is O=C(O)c1ccc(Oc2ccc(C(=O)O)c3ccccc23)c2ccccc12. The molecule has 0 heterocycles. The molecule has 0 aliphatic heterocycles. The summed E-state index contributed by atoms with van der Waals surface area (Å²) in [4.78, 5) is 22.9. The fraction of sp³-hybridized carbons (Fsp3) is 0. The normalized spacial score (nSPS) is 10.8. The average Bonchev–Trinajstić information content (AvgIpc) is 2.68. The van der Waals surface area contributed by atoms with Gasteiger partial charge in [0.05, 0.1) is 11.1 Å². The monoisotopic (exact) mass is 358 g/mol. The zero-order valence-corrected chi connectivity index (χ0v) is 14.0. The van der Waals surface area contributed by atoms with Crippen molar-refractivity contribution in [2.24, 2.45) is 0 Å². The number of hydrogen-bond acceptors (Lipinski definition) is 3. The van der Waals surface area contributed by atoms with Crippen LogP contribution in [0.3, 0.4) is 0 Å². The highest BCUT2D eigenvalue weighted by Gasteiger charge is 2.15. The predicted molar refractivity (Wildman–Crippen MR) is 102 cm³/mol. The van der Waals surface area contributed by atoms with Gasteiger partial charge in [-0.25, -0.2) is 9.59 Å². The first-order chi connectivity index (χ1) is 13.1. The maximum Gasteiger partial charge on any atom is 0.336 e. The van der Waals surface area contributed by atoms with Gasteiger partial charge in [-0.1, -0.05) is 48.5 Å². The second-order valence-electron chi connectivity index (χ2n) is 6.03. The number of carboxylic acid groups (broad SMARTS) is 2. The summed E-state index contributed by atoms with van der Waals surface area (Å²) < 4.78 is 6.09. The van der Waals surface area contributed by atoms with Crippen LogP contribution in [0.5, 0.6) is 11.5 Å². The van der Waals surface area contributed by atoms with Crippen LogP contribution in [0.15, 0.2) is 72.8 Å². The van der Waals surface area contributed by atoms with Crippen LogP contribution in [0.25, 0.3) is 21.5 Å². The van der Waals surface area contributed by atoms with Crippen LogP contribution in [-0.4, -0.2) is 22.2 Å². The molecule has 0 unspecified atom stereocenters. The Kier molecular flexibility index (Phi) is 3.97. The van der Waals surface area contributed by atoms with Crippen molar-refractivity contribution >= 4 is 33.5 Å². The van der Waals surface area contributed by atoms with Gasteiger partial charge in [-0.3, -0.25) is 0 Å². The van der Waals surface area contributed by atoms with Gasteiger partial charge in [-0.2, -0.15) is 0 Å². The summed E-state index contributed by atoms with van der Waals surface area (Å²) in [5, 5.41) is 21.3. The number of hydrogen-bond donors (Lipinski definition) is 2. The van der Waals surface area contributed by atoms with E-state index in [1.807, 2.05) is 12.1 Å². The van der Waals surface area contributed by atoms with Crippen molar-refractivity contribution in [2.75, 3.05) is 0 Å². The second-order valence-corrected chi connectivity index (χ2v) is 6.03. The fourth-order valence-corrected chi connectivity index (χ4v) is 3.21. The number of aromatic carboxylic acids is 2. The maximum absolute atomic E-state index is 11.5. The van der Waals surface area contributed by atoms with E-state index in [4.69, 9.17) is 4.74 Å². The average molecular weight is 358 g/mol. The molecule has 0 atom stereocenters. The van der Waals surface area contributed by atoms with Crippen LogP contribution in [0, 0.1) is 0 Å². The number of ether oxygens (including phenoxy) is 1. The molecule has 2 N–H and O–H groups in total. The maximum atomic E-state index is 11.5. The van der Waals surface area contributed by atoms with Crippen molar-refractivity contribution in [2.45, 2.75) is 0 Å². The van der Waals surface area contributed by atoms with Crippen molar-refractivity contribution in [3.8, 4) is 11.5 Å². The third kappa shape index (κ3) is 2.85. The quantitative estimate of drug-likeness (QED) is 0.525. The predicted octanol–water partition coefficient (Wildman–Crippen LogP) is 5.18. The van der Waals surface area contributed by atoms with E-state index in [9.17, 15) is 19.8 Å². The summed E-state index contributed by atoms with van der Waals surface area (Å²) >= 11 is 0. The van der Waals surface area contributed by atoms with Crippen molar-refractivity contribution in [1.82, 2.24) is 0 Å². The van der Waals surface area contributed by atoms with Crippen molar-refractivity contribution in [3.63, 3.8) is 0 Å². The molecule has 0 spiro atoms. The van der Waals surface area contributed by atoms with E-state index in [0.29, 0.717) is 33.0 Å².